The molecule has 6 heterocycles. The highest BCUT2D eigenvalue weighted by Crippen LogP contribution is 2.45. The highest BCUT2D eigenvalue weighted by atomic mass is 16.1. The number of nitrogens with one attached hydrogen (secondary N) is 3. The Morgan fingerprint density at radius 2 is 1.84 bits per heavy atom. The summed E-state index contributed by atoms with van der Waals surface area (Å²) in [6, 6.07) is 20.9. The van der Waals surface area contributed by atoms with Crippen LogP contribution in [-0.2, 0) is 12.8 Å². The Kier molecular flexibility index (Phi) is 6.71. The number of rotatable bonds is 5. The fourth-order valence-corrected chi connectivity index (χ4v) is 7.37. The van der Waals surface area contributed by atoms with Gasteiger partial charge in [-0.2, -0.15) is 0 Å². The summed E-state index contributed by atoms with van der Waals surface area (Å²) in [6.07, 6.45) is 13.0. The zero-order valence-corrected chi connectivity index (χ0v) is 24.8. The molecule has 9 rings (SSSR count). The zero-order chi connectivity index (χ0) is 29.6. The number of hydrogen-bond donors (Lipinski definition) is 3. The van der Waals surface area contributed by atoms with Gasteiger partial charge in [0.15, 0.2) is 0 Å². The number of fused-ring (bicyclic) bond motifs is 6. The molecule has 3 fully saturated rings. The Bertz CT molecular complexity index is 1890. The SMILES string of the molecule is CN1C[C@@H]2CC[C@H]1CC2c1ccc2nccc(Nc3cccc(C(=O)Nc4cc5c(cn4)CCc4cnccc4N5)c3)c2c1. The van der Waals surface area contributed by atoms with Crippen LogP contribution < -0.4 is 16.0 Å². The van der Waals surface area contributed by atoms with Crippen LogP contribution in [0.1, 0.15) is 52.2 Å². The van der Waals surface area contributed by atoms with E-state index in [9.17, 15) is 4.79 Å². The number of anilines is 5. The summed E-state index contributed by atoms with van der Waals surface area (Å²) in [5.74, 6) is 1.60. The molecule has 44 heavy (non-hydrogen) atoms. The molecule has 3 aliphatic heterocycles. The zero-order valence-electron chi connectivity index (χ0n) is 24.8. The molecule has 3 aromatic heterocycles. The number of nitrogens with zero attached hydrogens (tertiary/aromatic N) is 4. The predicted octanol–water partition coefficient (Wildman–Crippen LogP) is 7.06. The summed E-state index contributed by atoms with van der Waals surface area (Å²) in [7, 11) is 2.27. The van der Waals surface area contributed by atoms with Crippen molar-refractivity contribution in [2.45, 2.75) is 44.1 Å². The summed E-state index contributed by atoms with van der Waals surface area (Å²) in [5.41, 5.74) is 9.03. The normalized spacial score (nSPS) is 20.7. The molecule has 8 nitrogen and oxygen atoms in total. The number of hydrogen-bond acceptors (Lipinski definition) is 7. The average molecular weight is 582 g/mol. The maximum absolute atomic E-state index is 13.4. The van der Waals surface area contributed by atoms with Gasteiger partial charge in [0.25, 0.3) is 5.91 Å². The molecule has 3 N–H and O–H groups in total. The summed E-state index contributed by atoms with van der Waals surface area (Å²) in [4.78, 5) is 29.3. The lowest BCUT2D eigenvalue weighted by Gasteiger charge is -2.48. The number of pyridine rings is 3. The Morgan fingerprint density at radius 1 is 0.932 bits per heavy atom. The highest BCUT2D eigenvalue weighted by molar-refractivity contribution is 6.05. The van der Waals surface area contributed by atoms with E-state index in [4.69, 9.17) is 0 Å². The molecular formula is C36H35N7O. The fraction of sp³-hybridized carbons (Fsp3) is 0.278. The standard InChI is InChI=1S/C36H35N7O/c1-43-21-26-7-9-28(43)17-29(26)22-8-10-32-30(16-22)33(12-14-38-32)40-27-4-2-3-23(15-27)36(44)42-35-18-34-25(20-39-35)6-5-24-19-37-13-11-31(24)41-34/h2-4,8,10-16,18-20,26,28-29,41H,5-7,9,17,21H2,1H3,(H,38,40)(H,39,42,44)/t26-,28-,29?/m0/s1. The molecule has 1 aliphatic carbocycles. The lowest BCUT2D eigenvalue weighted by molar-refractivity contribution is 0.0533. The summed E-state index contributed by atoms with van der Waals surface area (Å²) < 4.78 is 0. The molecule has 3 atom stereocenters. The van der Waals surface area contributed by atoms with E-state index in [1.807, 2.05) is 61.1 Å². The number of carbonyl (C=O) groups excluding carboxylic acids is 1. The van der Waals surface area contributed by atoms with Gasteiger partial charge in [0, 0.05) is 77.1 Å². The van der Waals surface area contributed by atoms with E-state index in [2.05, 4.69) is 61.0 Å². The van der Waals surface area contributed by atoms with Crippen molar-refractivity contribution in [1.29, 1.82) is 0 Å². The highest BCUT2D eigenvalue weighted by Gasteiger charge is 2.39. The van der Waals surface area contributed by atoms with Crippen molar-refractivity contribution in [3.8, 4) is 0 Å². The van der Waals surface area contributed by atoms with Gasteiger partial charge in [-0.05, 0) is 110 Å². The maximum Gasteiger partial charge on any atom is 0.256 e. The minimum Gasteiger partial charge on any atom is -0.355 e. The van der Waals surface area contributed by atoms with Crippen LogP contribution in [0.25, 0.3) is 10.9 Å². The van der Waals surface area contributed by atoms with Gasteiger partial charge in [-0.3, -0.25) is 14.8 Å². The van der Waals surface area contributed by atoms with Gasteiger partial charge in [0.2, 0.25) is 0 Å². The molecule has 1 amide bonds. The van der Waals surface area contributed by atoms with Crippen LogP contribution in [0.5, 0.6) is 0 Å². The monoisotopic (exact) mass is 581 g/mol. The minimum atomic E-state index is -0.210. The van der Waals surface area contributed by atoms with Gasteiger partial charge >= 0.3 is 0 Å². The number of benzene rings is 2. The van der Waals surface area contributed by atoms with Crippen molar-refractivity contribution >= 4 is 45.4 Å². The van der Waals surface area contributed by atoms with E-state index in [-0.39, 0.29) is 5.91 Å². The summed E-state index contributed by atoms with van der Waals surface area (Å²) in [5, 5.41) is 11.2. The van der Waals surface area contributed by atoms with E-state index < -0.39 is 0 Å². The quantitative estimate of drug-likeness (QED) is 0.205. The lowest BCUT2D eigenvalue weighted by atomic mass is 9.69. The largest absolute Gasteiger partial charge is 0.355 e. The first-order valence-corrected chi connectivity index (χ1v) is 15.5. The minimum absolute atomic E-state index is 0.210. The van der Waals surface area contributed by atoms with E-state index in [1.165, 1.54) is 36.9 Å². The molecule has 220 valence electrons. The van der Waals surface area contributed by atoms with Crippen molar-refractivity contribution in [2.24, 2.45) is 5.92 Å². The second-order valence-corrected chi connectivity index (χ2v) is 12.5. The van der Waals surface area contributed by atoms with Crippen molar-refractivity contribution < 1.29 is 4.79 Å². The first kappa shape index (κ1) is 26.8. The molecule has 0 spiro atoms. The molecule has 1 unspecified atom stereocenters. The number of amides is 1. The lowest BCUT2D eigenvalue weighted by Crippen LogP contribution is -2.49. The molecular weight excluding hydrogens is 546 g/mol. The van der Waals surface area contributed by atoms with Crippen LogP contribution in [0.4, 0.5) is 28.6 Å². The van der Waals surface area contributed by atoms with Gasteiger partial charge in [0.1, 0.15) is 5.82 Å². The van der Waals surface area contributed by atoms with Crippen LogP contribution in [0.15, 0.2) is 85.5 Å². The molecule has 2 saturated heterocycles. The Morgan fingerprint density at radius 3 is 2.70 bits per heavy atom. The number of piperidine rings is 2. The smallest absolute Gasteiger partial charge is 0.256 e. The van der Waals surface area contributed by atoms with Crippen LogP contribution >= 0.6 is 0 Å². The van der Waals surface area contributed by atoms with E-state index in [0.29, 0.717) is 29.3 Å². The van der Waals surface area contributed by atoms with Gasteiger partial charge in [-0.25, -0.2) is 4.98 Å². The van der Waals surface area contributed by atoms with Crippen molar-refractivity contribution in [3.63, 3.8) is 0 Å². The van der Waals surface area contributed by atoms with Crippen molar-refractivity contribution in [1.82, 2.24) is 19.9 Å². The molecule has 1 saturated carbocycles. The van der Waals surface area contributed by atoms with E-state index in [1.54, 1.807) is 6.20 Å². The third-order valence-corrected chi connectivity index (χ3v) is 9.77. The third kappa shape index (κ3) is 5.05. The number of carbonyl (C=O) groups is 1. The first-order chi connectivity index (χ1) is 21.6. The van der Waals surface area contributed by atoms with Crippen molar-refractivity contribution in [2.75, 3.05) is 29.5 Å². The topological polar surface area (TPSA) is 95.1 Å². The number of aryl methyl sites for hydroxylation is 2. The average Bonchev–Trinajstić information content (AvgIpc) is 3.24. The molecule has 5 aromatic rings. The van der Waals surface area contributed by atoms with Gasteiger partial charge in [0.05, 0.1) is 5.52 Å². The van der Waals surface area contributed by atoms with Gasteiger partial charge < -0.3 is 20.9 Å². The third-order valence-electron chi connectivity index (χ3n) is 9.77. The molecule has 8 heteroatoms. The van der Waals surface area contributed by atoms with Gasteiger partial charge in [-0.15, -0.1) is 0 Å². The summed E-state index contributed by atoms with van der Waals surface area (Å²) >= 11 is 0. The molecule has 0 radical (unpaired) electrons. The fourth-order valence-electron chi connectivity index (χ4n) is 7.37. The van der Waals surface area contributed by atoms with E-state index >= 15 is 0 Å². The van der Waals surface area contributed by atoms with Crippen LogP contribution in [0.2, 0.25) is 0 Å². The second-order valence-electron chi connectivity index (χ2n) is 12.5. The van der Waals surface area contributed by atoms with Crippen molar-refractivity contribution in [3.05, 3.63) is 108 Å². The number of aromatic nitrogens is 3. The molecule has 2 aromatic carbocycles. The Hall–Kier alpha value is -4.82. The maximum atomic E-state index is 13.4. The predicted molar refractivity (Wildman–Crippen MR) is 175 cm³/mol. The second kappa shape index (κ2) is 11.0. The van der Waals surface area contributed by atoms with Crippen LogP contribution in [0, 0.1) is 5.92 Å². The van der Waals surface area contributed by atoms with Gasteiger partial charge in [-0.1, -0.05) is 12.1 Å². The van der Waals surface area contributed by atoms with E-state index in [0.717, 1.165) is 52.1 Å². The Balaban J connectivity index is 1.01. The first-order valence-electron chi connectivity index (χ1n) is 15.5. The molecule has 4 aliphatic rings. The Labute approximate surface area is 257 Å². The van der Waals surface area contributed by atoms with Crippen LogP contribution in [-0.4, -0.2) is 45.4 Å². The van der Waals surface area contributed by atoms with Crippen LogP contribution in [0.3, 0.4) is 0 Å². The molecule has 2 bridgehead atoms. The summed E-state index contributed by atoms with van der Waals surface area (Å²) in [6.45, 7) is 1.18.